The topological polar surface area (TPSA) is 112 Å². The molecule has 2 heterocycles. The number of aromatic nitrogens is 3. The molecule has 1 saturated heterocycles. The van der Waals surface area contributed by atoms with Crippen LogP contribution in [0.1, 0.15) is 47.9 Å². The van der Waals surface area contributed by atoms with Gasteiger partial charge in [-0.2, -0.15) is 5.10 Å². The molecule has 1 aromatic heterocycles. The Bertz CT molecular complexity index is 992. The molecule has 152 valence electrons. The molecular formula is C19H22N6O3S. The van der Waals surface area contributed by atoms with Gasteiger partial charge < -0.3 is 15.5 Å². The second kappa shape index (κ2) is 8.16. The summed E-state index contributed by atoms with van der Waals surface area (Å²) in [5.41, 5.74) is 1.22. The standard InChI is InChI=1S/C19H22N6O3S/c26-16(20-10-15-22-23-19(29)25(15)14-7-8-14)11-21-18(28)12-3-5-13(6-4-12)24-9-1-2-17(24)27/h3-6,14H,1-2,7-11H2,(H,20,26)(H,21,28)(H,23,29). The summed E-state index contributed by atoms with van der Waals surface area (Å²) in [6, 6.07) is 7.17. The maximum Gasteiger partial charge on any atom is 0.251 e. The molecule has 0 unspecified atom stereocenters. The molecule has 29 heavy (non-hydrogen) atoms. The molecule has 0 spiro atoms. The van der Waals surface area contributed by atoms with Crippen molar-refractivity contribution in [2.24, 2.45) is 0 Å². The Morgan fingerprint density at radius 2 is 1.97 bits per heavy atom. The van der Waals surface area contributed by atoms with E-state index in [1.165, 1.54) is 0 Å². The van der Waals surface area contributed by atoms with Crippen LogP contribution in [0.2, 0.25) is 0 Å². The van der Waals surface area contributed by atoms with Crippen LogP contribution in [0.4, 0.5) is 5.69 Å². The summed E-state index contributed by atoms with van der Waals surface area (Å²) in [5, 5.41) is 12.3. The van der Waals surface area contributed by atoms with Gasteiger partial charge in [0.2, 0.25) is 11.8 Å². The minimum absolute atomic E-state index is 0.0990. The van der Waals surface area contributed by atoms with Gasteiger partial charge in [0, 0.05) is 30.3 Å². The molecule has 1 aliphatic carbocycles. The lowest BCUT2D eigenvalue weighted by molar-refractivity contribution is -0.120. The molecule has 4 rings (SSSR count). The molecule has 2 fully saturated rings. The lowest BCUT2D eigenvalue weighted by Crippen LogP contribution is -2.37. The number of rotatable bonds is 7. The number of carbonyl (C=O) groups is 3. The van der Waals surface area contributed by atoms with Crippen molar-refractivity contribution >= 4 is 35.6 Å². The minimum Gasteiger partial charge on any atom is -0.347 e. The molecule has 0 bridgehead atoms. The molecular weight excluding hydrogens is 392 g/mol. The summed E-state index contributed by atoms with van der Waals surface area (Å²) in [5.74, 6) is 0.125. The zero-order valence-electron chi connectivity index (χ0n) is 15.8. The van der Waals surface area contributed by atoms with E-state index in [0.717, 1.165) is 24.9 Å². The molecule has 2 aliphatic rings. The number of hydrogen-bond donors (Lipinski definition) is 3. The van der Waals surface area contributed by atoms with Crippen molar-refractivity contribution in [3.63, 3.8) is 0 Å². The molecule has 2 aromatic rings. The van der Waals surface area contributed by atoms with Crippen molar-refractivity contribution < 1.29 is 14.4 Å². The maximum absolute atomic E-state index is 12.3. The van der Waals surface area contributed by atoms with Crippen LogP contribution in [0.5, 0.6) is 0 Å². The smallest absolute Gasteiger partial charge is 0.251 e. The summed E-state index contributed by atoms with van der Waals surface area (Å²) in [4.78, 5) is 37.8. The zero-order chi connectivity index (χ0) is 20.4. The monoisotopic (exact) mass is 414 g/mol. The van der Waals surface area contributed by atoms with Crippen molar-refractivity contribution in [1.82, 2.24) is 25.4 Å². The fourth-order valence-electron chi connectivity index (χ4n) is 3.39. The third-order valence-electron chi connectivity index (χ3n) is 5.06. The summed E-state index contributed by atoms with van der Waals surface area (Å²) >= 11 is 5.21. The van der Waals surface area contributed by atoms with E-state index in [1.54, 1.807) is 29.2 Å². The summed E-state index contributed by atoms with van der Waals surface area (Å²) < 4.78 is 2.49. The number of nitrogens with zero attached hydrogens (tertiary/aromatic N) is 3. The second-order valence-corrected chi connectivity index (χ2v) is 7.59. The third kappa shape index (κ3) is 4.37. The molecule has 1 saturated carbocycles. The number of nitrogens with one attached hydrogen (secondary N) is 3. The van der Waals surface area contributed by atoms with E-state index in [0.29, 0.717) is 35.2 Å². The van der Waals surface area contributed by atoms with Crippen LogP contribution < -0.4 is 15.5 Å². The maximum atomic E-state index is 12.3. The fraction of sp³-hybridized carbons (Fsp3) is 0.421. The van der Waals surface area contributed by atoms with Crippen LogP contribution in [0.25, 0.3) is 0 Å². The van der Waals surface area contributed by atoms with E-state index in [4.69, 9.17) is 12.2 Å². The Balaban J connectivity index is 1.26. The van der Waals surface area contributed by atoms with E-state index >= 15 is 0 Å². The van der Waals surface area contributed by atoms with Crippen LogP contribution >= 0.6 is 12.2 Å². The van der Waals surface area contributed by atoms with Gasteiger partial charge in [0.25, 0.3) is 5.91 Å². The predicted molar refractivity (Wildman–Crippen MR) is 108 cm³/mol. The first-order valence-electron chi connectivity index (χ1n) is 9.64. The molecule has 10 heteroatoms. The molecule has 0 radical (unpaired) electrons. The average molecular weight is 414 g/mol. The number of hydrogen-bond acceptors (Lipinski definition) is 5. The van der Waals surface area contributed by atoms with E-state index < -0.39 is 0 Å². The summed E-state index contributed by atoms with van der Waals surface area (Å²) in [6.45, 7) is 0.810. The van der Waals surface area contributed by atoms with E-state index in [2.05, 4.69) is 20.8 Å². The van der Waals surface area contributed by atoms with Gasteiger partial charge in [-0.05, 0) is 55.7 Å². The summed E-state index contributed by atoms with van der Waals surface area (Å²) in [6.07, 6.45) is 3.54. The number of benzene rings is 1. The van der Waals surface area contributed by atoms with E-state index in [9.17, 15) is 14.4 Å². The second-order valence-electron chi connectivity index (χ2n) is 7.20. The molecule has 1 aromatic carbocycles. The molecule has 9 nitrogen and oxygen atoms in total. The molecule has 1 aliphatic heterocycles. The Kier molecular flexibility index (Phi) is 5.43. The Hall–Kier alpha value is -3.01. The highest BCUT2D eigenvalue weighted by atomic mass is 32.1. The number of carbonyl (C=O) groups excluding carboxylic acids is 3. The van der Waals surface area contributed by atoms with Gasteiger partial charge in [0.05, 0.1) is 13.1 Å². The van der Waals surface area contributed by atoms with E-state index in [-0.39, 0.29) is 30.8 Å². The minimum atomic E-state index is -0.347. The number of amides is 3. The lowest BCUT2D eigenvalue weighted by atomic mass is 10.2. The number of anilines is 1. The molecule has 3 N–H and O–H groups in total. The van der Waals surface area contributed by atoms with Gasteiger partial charge in [-0.1, -0.05) is 0 Å². The van der Waals surface area contributed by atoms with Crippen LogP contribution in [-0.4, -0.2) is 45.6 Å². The summed E-state index contributed by atoms with van der Waals surface area (Å²) in [7, 11) is 0. The third-order valence-corrected chi connectivity index (χ3v) is 5.35. The van der Waals surface area contributed by atoms with Crippen LogP contribution in [0, 0.1) is 4.77 Å². The normalized spacial score (nSPS) is 16.1. The van der Waals surface area contributed by atoms with Crippen molar-refractivity contribution in [1.29, 1.82) is 0 Å². The zero-order valence-corrected chi connectivity index (χ0v) is 16.6. The van der Waals surface area contributed by atoms with Gasteiger partial charge in [0.15, 0.2) is 10.6 Å². The Morgan fingerprint density at radius 1 is 1.21 bits per heavy atom. The van der Waals surface area contributed by atoms with Crippen LogP contribution in [0.15, 0.2) is 24.3 Å². The highest BCUT2D eigenvalue weighted by Gasteiger charge is 2.27. The number of aromatic amines is 1. The van der Waals surface area contributed by atoms with E-state index in [1.807, 2.05) is 4.57 Å². The molecule has 3 amide bonds. The van der Waals surface area contributed by atoms with Gasteiger partial charge >= 0.3 is 0 Å². The Labute approximate surface area is 172 Å². The lowest BCUT2D eigenvalue weighted by Gasteiger charge is -2.15. The first-order chi connectivity index (χ1) is 14.0. The number of H-pyrrole nitrogens is 1. The van der Waals surface area contributed by atoms with Crippen molar-refractivity contribution in [2.45, 2.75) is 38.3 Å². The van der Waals surface area contributed by atoms with Gasteiger partial charge in [-0.15, -0.1) is 0 Å². The quantitative estimate of drug-likeness (QED) is 0.594. The first kappa shape index (κ1) is 19.3. The van der Waals surface area contributed by atoms with Crippen LogP contribution in [0.3, 0.4) is 0 Å². The highest BCUT2D eigenvalue weighted by molar-refractivity contribution is 7.71. The predicted octanol–water partition coefficient (Wildman–Crippen LogP) is 1.45. The Morgan fingerprint density at radius 3 is 2.62 bits per heavy atom. The van der Waals surface area contributed by atoms with Gasteiger partial charge in [-0.25, -0.2) is 0 Å². The molecule has 0 atom stereocenters. The highest BCUT2D eigenvalue weighted by Crippen LogP contribution is 2.35. The first-order valence-corrected chi connectivity index (χ1v) is 10.0. The largest absolute Gasteiger partial charge is 0.347 e. The van der Waals surface area contributed by atoms with Crippen LogP contribution in [-0.2, 0) is 16.1 Å². The van der Waals surface area contributed by atoms with Crippen molar-refractivity contribution in [3.8, 4) is 0 Å². The van der Waals surface area contributed by atoms with Gasteiger partial charge in [-0.3, -0.25) is 24.0 Å². The SMILES string of the molecule is O=C(CNC(=O)c1ccc(N2CCCC2=O)cc1)NCc1n[nH]c(=S)n1C1CC1. The van der Waals surface area contributed by atoms with Gasteiger partial charge in [0.1, 0.15) is 0 Å². The van der Waals surface area contributed by atoms with Crippen molar-refractivity contribution in [2.75, 3.05) is 18.0 Å². The average Bonchev–Trinajstić information content (AvgIpc) is 3.36. The fourth-order valence-corrected chi connectivity index (χ4v) is 3.69. The van der Waals surface area contributed by atoms with Crippen molar-refractivity contribution in [3.05, 3.63) is 40.4 Å².